The van der Waals surface area contributed by atoms with Crippen LogP contribution in [0.25, 0.3) is 0 Å². The van der Waals surface area contributed by atoms with Crippen LogP contribution in [0.5, 0.6) is 11.5 Å². The molecule has 0 spiro atoms. The van der Waals surface area contributed by atoms with Crippen LogP contribution in [0, 0.1) is 17.6 Å². The minimum absolute atomic E-state index is 0.103. The van der Waals surface area contributed by atoms with E-state index in [1.165, 1.54) is 46.3 Å². The summed E-state index contributed by atoms with van der Waals surface area (Å²) < 4.78 is 32.3. The first-order valence-electron chi connectivity index (χ1n) is 11.6. The topological polar surface area (TPSA) is 82.4 Å². The zero-order valence-electron chi connectivity index (χ0n) is 19.4. The van der Waals surface area contributed by atoms with E-state index in [2.05, 4.69) is 5.10 Å². The summed E-state index contributed by atoms with van der Waals surface area (Å²) in [4.78, 5) is 28.3. The largest absolute Gasteiger partial charge is 0.504 e. The third-order valence-corrected chi connectivity index (χ3v) is 6.34. The normalized spacial score (nSPS) is 19.0. The van der Waals surface area contributed by atoms with Crippen LogP contribution >= 0.6 is 0 Å². The minimum Gasteiger partial charge on any atom is -0.504 e. The van der Waals surface area contributed by atoms with E-state index < -0.39 is 29.6 Å². The van der Waals surface area contributed by atoms with Gasteiger partial charge in [-0.15, -0.1) is 0 Å². The van der Waals surface area contributed by atoms with Crippen molar-refractivity contribution in [1.29, 1.82) is 0 Å². The number of amides is 2. The average Bonchev–Trinajstić information content (AvgIpc) is 3.37. The number of phenols is 1. The van der Waals surface area contributed by atoms with Crippen LogP contribution < -0.4 is 9.75 Å². The molecule has 0 saturated carbocycles. The molecule has 1 N–H and O–H groups in total. The summed E-state index contributed by atoms with van der Waals surface area (Å²) in [5.41, 5.74) is 1.72. The number of hydrazone groups is 1. The first-order valence-corrected chi connectivity index (χ1v) is 11.6. The number of hydrogen-bond donors (Lipinski definition) is 1. The van der Waals surface area contributed by atoms with Crippen LogP contribution in [0.15, 0.2) is 71.8 Å². The molecule has 3 aromatic rings. The summed E-state index contributed by atoms with van der Waals surface area (Å²) in [6, 6.07) is 15.2. The fraction of sp³-hybridized carbons (Fsp3) is 0.222. The zero-order chi connectivity index (χ0) is 25.4. The summed E-state index contributed by atoms with van der Waals surface area (Å²) in [7, 11) is 0. The molecule has 1 fully saturated rings. The summed E-state index contributed by atoms with van der Waals surface area (Å²) in [6.45, 7) is 2.21. The molecule has 5 rings (SSSR count). The van der Waals surface area contributed by atoms with Gasteiger partial charge in [0.15, 0.2) is 11.5 Å². The first-order chi connectivity index (χ1) is 17.4. The van der Waals surface area contributed by atoms with Gasteiger partial charge in [0.2, 0.25) is 5.91 Å². The molecule has 2 atom stereocenters. The molecule has 0 bridgehead atoms. The predicted molar refractivity (Wildman–Crippen MR) is 129 cm³/mol. The molecule has 2 unspecified atom stereocenters. The number of para-hydroxylation sites is 1. The van der Waals surface area contributed by atoms with Crippen molar-refractivity contribution >= 4 is 23.2 Å². The van der Waals surface area contributed by atoms with Crippen LogP contribution in [-0.2, 0) is 16.0 Å². The van der Waals surface area contributed by atoms with Gasteiger partial charge in [0.05, 0.1) is 18.0 Å². The second-order valence-corrected chi connectivity index (χ2v) is 8.52. The van der Waals surface area contributed by atoms with Gasteiger partial charge >= 0.3 is 0 Å². The van der Waals surface area contributed by atoms with Crippen LogP contribution in [0.3, 0.4) is 0 Å². The second kappa shape index (κ2) is 9.41. The van der Waals surface area contributed by atoms with Crippen molar-refractivity contribution in [3.63, 3.8) is 0 Å². The molecule has 7 nitrogen and oxygen atoms in total. The fourth-order valence-electron chi connectivity index (χ4n) is 4.61. The van der Waals surface area contributed by atoms with Gasteiger partial charge in [-0.2, -0.15) is 5.10 Å². The Bertz CT molecular complexity index is 1340. The van der Waals surface area contributed by atoms with Crippen LogP contribution in [0.2, 0.25) is 0 Å². The zero-order valence-corrected chi connectivity index (χ0v) is 19.4. The van der Waals surface area contributed by atoms with E-state index in [1.807, 2.05) is 0 Å². The van der Waals surface area contributed by atoms with E-state index in [-0.39, 0.29) is 35.1 Å². The van der Waals surface area contributed by atoms with Crippen molar-refractivity contribution in [2.45, 2.75) is 19.4 Å². The SMILES string of the molecule is CCOc1cccc(C2=NN(c3ccc(F)cc3)C3C(=O)N(CCc4ccc(F)cc4)C(=O)C23)c1O. The van der Waals surface area contributed by atoms with Gasteiger partial charge in [-0.1, -0.05) is 18.2 Å². The molecule has 2 aliphatic rings. The number of likely N-dealkylation sites (tertiary alicyclic amines) is 1. The van der Waals surface area contributed by atoms with Gasteiger partial charge in [-0.05, 0) is 67.4 Å². The molecule has 2 heterocycles. The molecule has 36 heavy (non-hydrogen) atoms. The highest BCUT2D eigenvalue weighted by molar-refractivity contribution is 6.26. The number of nitrogens with zero attached hydrogens (tertiary/aromatic N) is 3. The standard InChI is InChI=1S/C27H23F2N3O4/c1-2-36-21-5-3-4-20(25(21)33)23-22-24(32(30-23)19-12-10-18(29)11-13-19)27(35)31(26(22)34)15-14-16-6-8-17(28)9-7-16/h3-13,22,24,33H,2,14-15H2,1H3. The van der Waals surface area contributed by atoms with Crippen molar-refractivity contribution in [2.24, 2.45) is 11.0 Å². The number of aromatic hydroxyl groups is 1. The Morgan fingerprint density at radius 1 is 0.944 bits per heavy atom. The van der Waals surface area contributed by atoms with Gasteiger partial charge in [0.1, 0.15) is 23.6 Å². The second-order valence-electron chi connectivity index (χ2n) is 8.52. The summed E-state index contributed by atoms with van der Waals surface area (Å²) in [6.07, 6.45) is 0.352. The van der Waals surface area contributed by atoms with Crippen molar-refractivity contribution in [2.75, 3.05) is 18.2 Å². The molecular formula is C27H23F2N3O4. The van der Waals surface area contributed by atoms with Gasteiger partial charge < -0.3 is 9.84 Å². The molecule has 0 aliphatic carbocycles. The number of ether oxygens (including phenoxy) is 1. The summed E-state index contributed by atoms with van der Waals surface area (Å²) in [5, 5.41) is 16.8. The van der Waals surface area contributed by atoms with Gasteiger partial charge in [0, 0.05) is 12.1 Å². The van der Waals surface area contributed by atoms with Gasteiger partial charge in [0.25, 0.3) is 5.91 Å². The molecule has 2 amide bonds. The Morgan fingerprint density at radius 3 is 2.28 bits per heavy atom. The summed E-state index contributed by atoms with van der Waals surface area (Å²) >= 11 is 0. The molecule has 3 aromatic carbocycles. The molecule has 0 radical (unpaired) electrons. The Hall–Kier alpha value is -4.27. The highest BCUT2D eigenvalue weighted by Gasteiger charge is 2.57. The monoisotopic (exact) mass is 491 g/mol. The lowest BCUT2D eigenvalue weighted by atomic mass is 9.92. The van der Waals surface area contributed by atoms with Crippen LogP contribution in [0.1, 0.15) is 18.1 Å². The fourth-order valence-corrected chi connectivity index (χ4v) is 4.61. The first kappa shape index (κ1) is 23.5. The highest BCUT2D eigenvalue weighted by Crippen LogP contribution is 2.41. The number of imide groups is 1. The third kappa shape index (κ3) is 4.06. The lowest BCUT2D eigenvalue weighted by Gasteiger charge is -2.22. The lowest BCUT2D eigenvalue weighted by Crippen LogP contribution is -2.39. The van der Waals surface area contributed by atoms with Crippen molar-refractivity contribution < 1.29 is 28.2 Å². The van der Waals surface area contributed by atoms with E-state index in [9.17, 15) is 23.5 Å². The number of fused-ring (bicyclic) bond motifs is 1. The average molecular weight is 491 g/mol. The Balaban J connectivity index is 1.52. The number of halogens is 2. The molecule has 1 saturated heterocycles. The Labute approximate surface area is 206 Å². The molecule has 0 aromatic heterocycles. The van der Waals surface area contributed by atoms with E-state index in [4.69, 9.17) is 4.74 Å². The number of carbonyl (C=O) groups is 2. The Kier molecular flexibility index (Phi) is 6.13. The number of benzene rings is 3. The van der Waals surface area contributed by atoms with E-state index in [0.717, 1.165) is 5.56 Å². The number of rotatable bonds is 7. The number of anilines is 1. The lowest BCUT2D eigenvalue weighted by molar-refractivity contribution is -0.139. The number of carbonyl (C=O) groups excluding carboxylic acids is 2. The van der Waals surface area contributed by atoms with Crippen LogP contribution in [0.4, 0.5) is 14.5 Å². The molecule has 184 valence electrons. The predicted octanol–water partition coefficient (Wildman–Crippen LogP) is 3.89. The van der Waals surface area contributed by atoms with Gasteiger partial charge in [-0.25, -0.2) is 8.78 Å². The molecule has 9 heteroatoms. The maximum Gasteiger partial charge on any atom is 0.255 e. The number of phenolic OH excluding ortho intramolecular Hbond substituents is 1. The quantitative estimate of drug-likeness (QED) is 0.507. The van der Waals surface area contributed by atoms with E-state index in [1.54, 1.807) is 37.3 Å². The smallest absolute Gasteiger partial charge is 0.255 e. The highest BCUT2D eigenvalue weighted by atomic mass is 19.1. The summed E-state index contributed by atoms with van der Waals surface area (Å²) in [5.74, 6) is -2.63. The number of hydrogen-bond acceptors (Lipinski definition) is 6. The molecular weight excluding hydrogens is 468 g/mol. The minimum atomic E-state index is -0.985. The van der Waals surface area contributed by atoms with Crippen molar-refractivity contribution in [1.82, 2.24) is 4.90 Å². The maximum absolute atomic E-state index is 13.6. The maximum atomic E-state index is 13.6. The third-order valence-electron chi connectivity index (χ3n) is 6.34. The van der Waals surface area contributed by atoms with E-state index in [0.29, 0.717) is 18.7 Å². The van der Waals surface area contributed by atoms with Crippen molar-refractivity contribution in [3.05, 3.63) is 89.5 Å². The van der Waals surface area contributed by atoms with Gasteiger partial charge in [-0.3, -0.25) is 19.5 Å². The Morgan fingerprint density at radius 2 is 1.61 bits per heavy atom. The van der Waals surface area contributed by atoms with Crippen molar-refractivity contribution in [3.8, 4) is 11.5 Å². The van der Waals surface area contributed by atoms with Crippen LogP contribution in [-0.4, -0.2) is 46.7 Å². The van der Waals surface area contributed by atoms with E-state index >= 15 is 0 Å². The molecule has 2 aliphatic heterocycles.